The smallest absolute Gasteiger partial charge is 0.309 e. The molecule has 0 aromatic rings. The van der Waals surface area contributed by atoms with E-state index in [-0.39, 0.29) is 24.6 Å². The normalized spacial score (nSPS) is 24.9. The molecule has 1 aliphatic carbocycles. The summed E-state index contributed by atoms with van der Waals surface area (Å²) in [6.07, 6.45) is 4.45. The zero-order valence-electron chi connectivity index (χ0n) is 11.8. The highest BCUT2D eigenvalue weighted by Gasteiger charge is 2.30. The van der Waals surface area contributed by atoms with Crippen molar-refractivity contribution in [3.8, 4) is 0 Å². The lowest BCUT2D eigenvalue weighted by atomic mass is 9.87. The van der Waals surface area contributed by atoms with Gasteiger partial charge >= 0.3 is 5.97 Å². The zero-order valence-corrected chi connectivity index (χ0v) is 11.8. The van der Waals surface area contributed by atoms with E-state index in [1.165, 1.54) is 0 Å². The van der Waals surface area contributed by atoms with Gasteiger partial charge in [0.25, 0.3) is 0 Å². The molecule has 0 unspecified atom stereocenters. The van der Waals surface area contributed by atoms with E-state index in [0.717, 1.165) is 25.7 Å². The van der Waals surface area contributed by atoms with Crippen LogP contribution in [-0.4, -0.2) is 36.0 Å². The van der Waals surface area contributed by atoms with Crippen molar-refractivity contribution in [2.75, 3.05) is 13.2 Å². The second-order valence-electron chi connectivity index (χ2n) is 5.96. The number of aliphatic hydroxyl groups excluding tert-OH is 1. The maximum absolute atomic E-state index is 11.9. The van der Waals surface area contributed by atoms with Crippen molar-refractivity contribution >= 4 is 5.97 Å². The van der Waals surface area contributed by atoms with E-state index in [4.69, 9.17) is 14.6 Å². The summed E-state index contributed by atoms with van der Waals surface area (Å²) >= 11 is 0. The van der Waals surface area contributed by atoms with Gasteiger partial charge in [0.15, 0.2) is 0 Å². The highest BCUT2D eigenvalue weighted by atomic mass is 16.6. The van der Waals surface area contributed by atoms with Crippen LogP contribution in [0.1, 0.15) is 52.9 Å². The molecule has 1 rings (SSSR count). The number of hydrogen-bond acceptors (Lipinski definition) is 4. The molecular formula is C14H26O4. The van der Waals surface area contributed by atoms with Crippen molar-refractivity contribution in [2.24, 2.45) is 5.92 Å². The summed E-state index contributed by atoms with van der Waals surface area (Å²) in [5.74, 6) is -0.0433. The predicted octanol–water partition coefficient (Wildman–Crippen LogP) is 2.29. The molecule has 0 atom stereocenters. The van der Waals surface area contributed by atoms with E-state index in [0.29, 0.717) is 13.0 Å². The molecule has 0 aromatic heterocycles. The Bertz CT molecular complexity index is 249. The van der Waals surface area contributed by atoms with Gasteiger partial charge in [0.2, 0.25) is 0 Å². The SMILES string of the molecule is CC(C)(C)OC(=O)[C@H]1CC[C@@H](OCCCO)CC1. The Balaban J connectivity index is 2.24. The molecule has 4 nitrogen and oxygen atoms in total. The number of esters is 1. The van der Waals surface area contributed by atoms with Gasteiger partial charge in [-0.1, -0.05) is 0 Å². The maximum Gasteiger partial charge on any atom is 0.309 e. The van der Waals surface area contributed by atoms with Gasteiger partial charge in [-0.15, -0.1) is 0 Å². The Morgan fingerprint density at radius 2 is 1.83 bits per heavy atom. The molecule has 0 amide bonds. The molecule has 0 radical (unpaired) electrons. The van der Waals surface area contributed by atoms with Crippen LogP contribution in [0, 0.1) is 5.92 Å². The van der Waals surface area contributed by atoms with Crippen molar-refractivity contribution < 1.29 is 19.4 Å². The minimum atomic E-state index is -0.397. The van der Waals surface area contributed by atoms with E-state index < -0.39 is 5.60 Å². The van der Waals surface area contributed by atoms with Gasteiger partial charge in [-0.05, 0) is 52.9 Å². The van der Waals surface area contributed by atoms with Crippen LogP contribution in [0.15, 0.2) is 0 Å². The quantitative estimate of drug-likeness (QED) is 0.607. The average Bonchev–Trinajstić information content (AvgIpc) is 2.28. The zero-order chi connectivity index (χ0) is 13.6. The van der Waals surface area contributed by atoms with Crippen LogP contribution in [0.25, 0.3) is 0 Å². The summed E-state index contributed by atoms with van der Waals surface area (Å²) in [7, 11) is 0. The summed E-state index contributed by atoms with van der Waals surface area (Å²) in [5.41, 5.74) is -0.397. The number of aliphatic hydroxyl groups is 1. The molecule has 1 saturated carbocycles. The van der Waals surface area contributed by atoms with Crippen molar-refractivity contribution in [2.45, 2.75) is 64.6 Å². The molecular weight excluding hydrogens is 232 g/mol. The third-order valence-electron chi connectivity index (χ3n) is 3.07. The minimum absolute atomic E-state index is 0.0296. The summed E-state index contributed by atoms with van der Waals surface area (Å²) < 4.78 is 11.0. The van der Waals surface area contributed by atoms with Crippen molar-refractivity contribution in [3.05, 3.63) is 0 Å². The highest BCUT2D eigenvalue weighted by Crippen LogP contribution is 2.28. The third kappa shape index (κ3) is 5.83. The van der Waals surface area contributed by atoms with E-state index >= 15 is 0 Å². The summed E-state index contributed by atoms with van der Waals surface area (Å²) in [6.45, 7) is 6.48. The van der Waals surface area contributed by atoms with Crippen molar-refractivity contribution in [3.63, 3.8) is 0 Å². The van der Waals surface area contributed by atoms with Gasteiger partial charge in [-0.3, -0.25) is 4.79 Å². The topological polar surface area (TPSA) is 55.8 Å². The monoisotopic (exact) mass is 258 g/mol. The van der Waals surface area contributed by atoms with E-state index in [1.54, 1.807) is 0 Å². The van der Waals surface area contributed by atoms with Gasteiger partial charge in [-0.2, -0.15) is 0 Å². The number of rotatable bonds is 5. The number of hydrogen-bond donors (Lipinski definition) is 1. The fourth-order valence-electron chi connectivity index (χ4n) is 2.16. The predicted molar refractivity (Wildman–Crippen MR) is 69.2 cm³/mol. The fourth-order valence-corrected chi connectivity index (χ4v) is 2.16. The Morgan fingerprint density at radius 3 is 2.33 bits per heavy atom. The van der Waals surface area contributed by atoms with Crippen LogP contribution >= 0.6 is 0 Å². The lowest BCUT2D eigenvalue weighted by Crippen LogP contribution is -2.32. The second-order valence-corrected chi connectivity index (χ2v) is 5.96. The Morgan fingerprint density at radius 1 is 1.22 bits per heavy atom. The molecule has 106 valence electrons. The van der Waals surface area contributed by atoms with Crippen molar-refractivity contribution in [1.82, 2.24) is 0 Å². The van der Waals surface area contributed by atoms with Crippen LogP contribution in [0.4, 0.5) is 0 Å². The fraction of sp³-hybridized carbons (Fsp3) is 0.929. The summed E-state index contributed by atoms with van der Waals surface area (Å²) in [6, 6.07) is 0. The molecule has 1 aliphatic rings. The van der Waals surface area contributed by atoms with Gasteiger partial charge in [0.1, 0.15) is 5.60 Å². The lowest BCUT2D eigenvalue weighted by molar-refractivity contribution is -0.162. The standard InChI is InChI=1S/C14H26O4/c1-14(2,3)18-13(16)11-5-7-12(8-6-11)17-10-4-9-15/h11-12,15H,4-10H2,1-3H3/t11-,12+. The lowest BCUT2D eigenvalue weighted by Gasteiger charge is -2.29. The number of carbonyl (C=O) groups is 1. The molecule has 0 spiro atoms. The molecule has 0 aliphatic heterocycles. The molecule has 0 bridgehead atoms. The van der Waals surface area contributed by atoms with E-state index in [9.17, 15) is 4.79 Å². The van der Waals surface area contributed by atoms with Gasteiger partial charge in [0.05, 0.1) is 12.0 Å². The Kier molecular flexibility index (Phi) is 6.09. The van der Waals surface area contributed by atoms with Crippen LogP contribution in [0.2, 0.25) is 0 Å². The molecule has 1 fully saturated rings. The van der Waals surface area contributed by atoms with Crippen molar-refractivity contribution in [1.29, 1.82) is 0 Å². The van der Waals surface area contributed by atoms with Gasteiger partial charge < -0.3 is 14.6 Å². The summed E-state index contributed by atoms with van der Waals surface area (Å²) in [4.78, 5) is 11.9. The first-order valence-electron chi connectivity index (χ1n) is 6.87. The number of ether oxygens (including phenoxy) is 2. The van der Waals surface area contributed by atoms with Crippen LogP contribution < -0.4 is 0 Å². The molecule has 4 heteroatoms. The van der Waals surface area contributed by atoms with E-state index in [1.807, 2.05) is 20.8 Å². The first-order chi connectivity index (χ1) is 8.42. The van der Waals surface area contributed by atoms with Crippen LogP contribution in [0.3, 0.4) is 0 Å². The van der Waals surface area contributed by atoms with Crippen LogP contribution in [-0.2, 0) is 14.3 Å². The largest absolute Gasteiger partial charge is 0.460 e. The highest BCUT2D eigenvalue weighted by molar-refractivity contribution is 5.72. The second kappa shape index (κ2) is 7.10. The minimum Gasteiger partial charge on any atom is -0.460 e. The Labute approximate surface area is 110 Å². The maximum atomic E-state index is 11.9. The summed E-state index contributed by atoms with van der Waals surface area (Å²) in [5, 5.41) is 8.68. The first-order valence-corrected chi connectivity index (χ1v) is 6.87. The van der Waals surface area contributed by atoms with Gasteiger partial charge in [0, 0.05) is 13.2 Å². The number of carbonyl (C=O) groups excluding carboxylic acids is 1. The van der Waals surface area contributed by atoms with Crippen LogP contribution in [0.5, 0.6) is 0 Å². The van der Waals surface area contributed by atoms with Gasteiger partial charge in [-0.25, -0.2) is 0 Å². The average molecular weight is 258 g/mol. The first kappa shape index (κ1) is 15.4. The molecule has 0 heterocycles. The Hall–Kier alpha value is -0.610. The van der Waals surface area contributed by atoms with E-state index in [2.05, 4.69) is 0 Å². The molecule has 0 saturated heterocycles. The third-order valence-corrected chi connectivity index (χ3v) is 3.07. The molecule has 1 N–H and O–H groups in total. The molecule has 0 aromatic carbocycles. The molecule has 18 heavy (non-hydrogen) atoms.